The van der Waals surface area contributed by atoms with Crippen LogP contribution in [0.3, 0.4) is 0 Å². The predicted octanol–water partition coefficient (Wildman–Crippen LogP) is 4.67. The third-order valence-corrected chi connectivity index (χ3v) is 4.39. The zero-order valence-corrected chi connectivity index (χ0v) is 18.3. The van der Waals surface area contributed by atoms with E-state index < -0.39 is 23.6 Å². The number of aromatic nitrogens is 1. The van der Waals surface area contributed by atoms with Gasteiger partial charge in [0.25, 0.3) is 0 Å². The van der Waals surface area contributed by atoms with E-state index in [4.69, 9.17) is 4.74 Å². The summed E-state index contributed by atoms with van der Waals surface area (Å²) in [6.07, 6.45) is -9.10. The van der Waals surface area contributed by atoms with E-state index in [1.165, 1.54) is 26.3 Å². The van der Waals surface area contributed by atoms with Gasteiger partial charge in [0, 0.05) is 19.0 Å². The van der Waals surface area contributed by atoms with E-state index in [2.05, 4.69) is 20.6 Å². The van der Waals surface area contributed by atoms with Crippen LogP contribution >= 0.6 is 35.3 Å². The van der Waals surface area contributed by atoms with E-state index >= 15 is 0 Å². The maximum absolute atomic E-state index is 13.2. The summed E-state index contributed by atoms with van der Waals surface area (Å²) in [4.78, 5) is 7.30. The molecule has 1 aromatic carbocycles. The molecule has 162 valence electrons. The van der Waals surface area contributed by atoms with Gasteiger partial charge in [0.2, 0.25) is 0 Å². The van der Waals surface area contributed by atoms with E-state index in [1.54, 1.807) is 0 Å². The van der Waals surface area contributed by atoms with Crippen molar-refractivity contribution in [1.82, 2.24) is 15.6 Å². The lowest BCUT2D eigenvalue weighted by atomic mass is 10.1. The first-order valence-corrected chi connectivity index (χ1v) is 8.62. The van der Waals surface area contributed by atoms with Gasteiger partial charge in [0.15, 0.2) is 11.7 Å². The number of guanidine groups is 1. The number of hydrogen-bond donors (Lipinski definition) is 2. The molecular weight excluding hydrogens is 537 g/mol. The number of rotatable bonds is 5. The molecule has 1 aromatic heterocycles. The Hall–Kier alpha value is -1.77. The number of alkyl halides is 6. The Kier molecular flexibility index (Phi) is 8.99. The average Bonchev–Trinajstić information content (AvgIpc) is 3.10. The van der Waals surface area contributed by atoms with E-state index in [9.17, 15) is 26.3 Å². The molecule has 0 aliphatic heterocycles. The molecule has 13 heteroatoms. The van der Waals surface area contributed by atoms with Crippen molar-refractivity contribution in [1.29, 1.82) is 0 Å². The Morgan fingerprint density at radius 1 is 1.10 bits per heavy atom. The quantitative estimate of drug-likeness (QED) is 0.244. The molecule has 2 rings (SSSR count). The van der Waals surface area contributed by atoms with Gasteiger partial charge >= 0.3 is 12.4 Å². The van der Waals surface area contributed by atoms with Gasteiger partial charge in [-0.1, -0.05) is 6.07 Å². The number of ether oxygens (including phenoxy) is 1. The summed E-state index contributed by atoms with van der Waals surface area (Å²) in [5.74, 6) is 0.190. The Morgan fingerprint density at radius 3 is 2.28 bits per heavy atom. The van der Waals surface area contributed by atoms with Gasteiger partial charge in [-0.15, -0.1) is 35.3 Å². The minimum absolute atomic E-state index is 0. The fraction of sp³-hybridized carbons (Fsp3) is 0.375. The van der Waals surface area contributed by atoms with Crippen LogP contribution in [-0.2, 0) is 25.4 Å². The lowest BCUT2D eigenvalue weighted by Gasteiger charge is -2.16. The molecule has 0 bridgehead atoms. The fourth-order valence-electron chi connectivity index (χ4n) is 2.18. The van der Waals surface area contributed by atoms with Gasteiger partial charge in [0.05, 0.1) is 19.2 Å². The minimum atomic E-state index is -4.57. The van der Waals surface area contributed by atoms with Crippen molar-refractivity contribution < 1.29 is 31.1 Å². The monoisotopic (exact) mass is 554 g/mol. The Bertz CT molecular complexity index is 838. The summed E-state index contributed by atoms with van der Waals surface area (Å²) in [5.41, 5.74) is -1.89. The van der Waals surface area contributed by atoms with E-state index in [-0.39, 0.29) is 59.3 Å². The smallest absolute Gasteiger partial charge is 0.434 e. The highest BCUT2D eigenvalue weighted by atomic mass is 127. The molecule has 0 unspecified atom stereocenters. The van der Waals surface area contributed by atoms with Crippen LogP contribution in [0.5, 0.6) is 5.75 Å². The number of hydrogen-bond acceptors (Lipinski definition) is 4. The second-order valence-corrected chi connectivity index (χ2v) is 6.37. The van der Waals surface area contributed by atoms with Gasteiger partial charge in [-0.2, -0.15) is 26.3 Å². The molecule has 0 saturated heterocycles. The van der Waals surface area contributed by atoms with Crippen molar-refractivity contribution in [2.75, 3.05) is 14.2 Å². The summed E-state index contributed by atoms with van der Waals surface area (Å²) < 4.78 is 82.1. The van der Waals surface area contributed by atoms with Crippen molar-refractivity contribution in [2.24, 2.45) is 4.99 Å². The Balaban J connectivity index is 0.00000420. The number of methoxy groups -OCH3 is 1. The molecule has 1 heterocycles. The van der Waals surface area contributed by atoms with Crippen LogP contribution in [0, 0.1) is 0 Å². The zero-order chi connectivity index (χ0) is 20.9. The van der Waals surface area contributed by atoms with Crippen LogP contribution in [0.25, 0.3) is 0 Å². The van der Waals surface area contributed by atoms with E-state index in [0.29, 0.717) is 0 Å². The molecule has 0 radical (unpaired) electrons. The first kappa shape index (κ1) is 25.3. The number of nitrogens with zero attached hydrogens (tertiary/aromatic N) is 2. The highest BCUT2D eigenvalue weighted by Crippen LogP contribution is 2.34. The SMILES string of the molecule is CN=C(NCc1nc(C(F)(F)F)cs1)NCc1ccc(OC)cc1C(F)(F)F.I. The van der Waals surface area contributed by atoms with Crippen LogP contribution < -0.4 is 15.4 Å². The summed E-state index contributed by atoms with van der Waals surface area (Å²) in [6.45, 7) is -0.265. The second kappa shape index (κ2) is 10.3. The zero-order valence-electron chi connectivity index (χ0n) is 15.1. The van der Waals surface area contributed by atoms with Crippen molar-refractivity contribution in [3.8, 4) is 5.75 Å². The largest absolute Gasteiger partial charge is 0.497 e. The number of aliphatic imine (C=N–C) groups is 1. The molecule has 2 N–H and O–H groups in total. The molecule has 0 aliphatic rings. The summed E-state index contributed by atoms with van der Waals surface area (Å²) in [6, 6.07) is 3.57. The van der Waals surface area contributed by atoms with Gasteiger partial charge in [0.1, 0.15) is 10.8 Å². The first-order chi connectivity index (χ1) is 13.0. The van der Waals surface area contributed by atoms with Crippen LogP contribution in [-0.4, -0.2) is 25.1 Å². The standard InChI is InChI=1S/C16H16F6N4OS.HI/c1-23-14(25-7-13-26-12(8-28-13)16(20,21)22)24-6-9-3-4-10(27-2)5-11(9)15(17,18)19;/h3-5,8H,6-7H2,1-2H3,(H2,23,24,25);1H. The molecular formula is C16H17F6IN4OS. The highest BCUT2D eigenvalue weighted by Gasteiger charge is 2.34. The molecule has 0 spiro atoms. The minimum Gasteiger partial charge on any atom is -0.497 e. The van der Waals surface area contributed by atoms with E-state index in [0.717, 1.165) is 22.8 Å². The van der Waals surface area contributed by atoms with Gasteiger partial charge in [-0.25, -0.2) is 4.98 Å². The topological polar surface area (TPSA) is 58.5 Å². The number of halogens is 7. The third-order valence-electron chi connectivity index (χ3n) is 3.54. The van der Waals surface area contributed by atoms with Crippen molar-refractivity contribution in [2.45, 2.75) is 25.4 Å². The summed E-state index contributed by atoms with van der Waals surface area (Å²) >= 11 is 0.814. The molecule has 5 nitrogen and oxygen atoms in total. The number of thiazole rings is 1. The summed E-state index contributed by atoms with van der Waals surface area (Å²) in [7, 11) is 2.65. The molecule has 0 saturated carbocycles. The van der Waals surface area contributed by atoms with Gasteiger partial charge in [-0.3, -0.25) is 4.99 Å². The predicted molar refractivity (Wildman–Crippen MR) is 108 cm³/mol. The van der Waals surface area contributed by atoms with Crippen LogP contribution in [0.2, 0.25) is 0 Å². The van der Waals surface area contributed by atoms with Gasteiger partial charge < -0.3 is 15.4 Å². The number of benzene rings is 1. The molecule has 29 heavy (non-hydrogen) atoms. The van der Waals surface area contributed by atoms with Crippen LogP contribution in [0.1, 0.15) is 21.8 Å². The third kappa shape index (κ3) is 7.21. The molecule has 0 fully saturated rings. The molecule has 2 aromatic rings. The van der Waals surface area contributed by atoms with E-state index in [1.807, 2.05) is 0 Å². The van der Waals surface area contributed by atoms with Gasteiger partial charge in [-0.05, 0) is 17.7 Å². The summed E-state index contributed by atoms with van der Waals surface area (Å²) in [5, 5.41) is 6.46. The molecule has 0 amide bonds. The highest BCUT2D eigenvalue weighted by molar-refractivity contribution is 14.0. The average molecular weight is 554 g/mol. The molecule has 0 aliphatic carbocycles. The number of nitrogens with one attached hydrogen (secondary N) is 2. The maximum atomic E-state index is 13.2. The van der Waals surface area contributed by atoms with Crippen LogP contribution in [0.15, 0.2) is 28.6 Å². The van der Waals surface area contributed by atoms with Crippen molar-refractivity contribution >= 4 is 41.3 Å². The molecule has 0 atom stereocenters. The first-order valence-electron chi connectivity index (χ1n) is 7.75. The normalized spacial score (nSPS) is 12.3. The lowest BCUT2D eigenvalue weighted by Crippen LogP contribution is -2.36. The van der Waals surface area contributed by atoms with Crippen LogP contribution in [0.4, 0.5) is 26.3 Å². The lowest BCUT2D eigenvalue weighted by molar-refractivity contribution is -0.141. The van der Waals surface area contributed by atoms with Crippen molar-refractivity contribution in [3.63, 3.8) is 0 Å². The second-order valence-electron chi connectivity index (χ2n) is 5.42. The maximum Gasteiger partial charge on any atom is 0.434 e. The Labute approximate surface area is 183 Å². The Morgan fingerprint density at radius 2 is 1.76 bits per heavy atom. The fourth-order valence-corrected chi connectivity index (χ4v) is 2.92. The van der Waals surface area contributed by atoms with Crippen molar-refractivity contribution in [3.05, 3.63) is 45.4 Å².